The van der Waals surface area contributed by atoms with E-state index in [9.17, 15) is 13.2 Å². The van der Waals surface area contributed by atoms with Crippen molar-refractivity contribution < 1.29 is 13.2 Å². The average molecular weight is 536 g/mol. The molecule has 1 aliphatic rings. The lowest BCUT2D eigenvalue weighted by atomic mass is 9.92. The zero-order chi connectivity index (χ0) is 24.5. The van der Waals surface area contributed by atoms with E-state index in [2.05, 4.69) is 6.58 Å². The summed E-state index contributed by atoms with van der Waals surface area (Å²) in [7, 11) is -4.09. The first-order valence-corrected chi connectivity index (χ1v) is 13.8. The molecule has 3 aromatic rings. The van der Waals surface area contributed by atoms with Crippen molar-refractivity contribution in [2.24, 2.45) is 0 Å². The third-order valence-corrected chi connectivity index (χ3v) is 9.36. The monoisotopic (exact) mass is 534 g/mol. The lowest BCUT2D eigenvalue weighted by molar-refractivity contribution is -0.133. The third-order valence-electron chi connectivity index (χ3n) is 5.83. The zero-order valence-electron chi connectivity index (χ0n) is 18.6. The second-order valence-electron chi connectivity index (χ2n) is 8.11. The van der Waals surface area contributed by atoms with E-state index in [1.807, 2.05) is 42.6 Å². The molecule has 0 radical (unpaired) electrons. The van der Waals surface area contributed by atoms with E-state index in [0.717, 1.165) is 27.4 Å². The van der Waals surface area contributed by atoms with Crippen molar-refractivity contribution in [1.82, 2.24) is 9.21 Å². The molecule has 1 atom stereocenters. The molecule has 0 aliphatic carbocycles. The summed E-state index contributed by atoms with van der Waals surface area (Å²) in [5, 5.41) is 2.33. The van der Waals surface area contributed by atoms with Gasteiger partial charge in [-0.1, -0.05) is 59.1 Å². The second-order valence-corrected chi connectivity index (χ2v) is 11.9. The van der Waals surface area contributed by atoms with Crippen molar-refractivity contribution in [1.29, 1.82) is 0 Å². The predicted octanol–water partition coefficient (Wildman–Crippen LogP) is 5.71. The first-order valence-electron chi connectivity index (χ1n) is 10.7. The molecule has 0 saturated carbocycles. The number of carbonyl (C=O) groups excluding carboxylic acids is 1. The van der Waals surface area contributed by atoms with Crippen LogP contribution in [0.2, 0.25) is 10.0 Å². The fourth-order valence-corrected chi connectivity index (χ4v) is 7.14. The molecule has 1 aliphatic heterocycles. The molecular weight excluding hydrogens is 511 g/mol. The smallest absolute Gasteiger partial charge is 0.245 e. The first-order chi connectivity index (χ1) is 16.2. The Hall–Kier alpha value is -2.16. The number of fused-ring (bicyclic) bond motifs is 1. The van der Waals surface area contributed by atoms with E-state index in [-0.39, 0.29) is 40.0 Å². The summed E-state index contributed by atoms with van der Waals surface area (Å²) in [5.74, 6) is -0.286. The minimum atomic E-state index is -4.09. The standard InChI is InChI=1S/C25H24Cl2N2O3S2/c1-3-12-28(34(31,32)23-15-19(26)8-9-21(23)27)16-24(30)29-13-10-22-20(11-14-33-22)25(29)18-6-4-17(2)5-7-18/h3-9,11,14-15,25H,1,10,12-13,16H2,2H3. The molecule has 9 heteroatoms. The van der Waals surface area contributed by atoms with Crippen LogP contribution in [0.25, 0.3) is 0 Å². The minimum absolute atomic E-state index is 0.0380. The Kier molecular flexibility index (Phi) is 7.50. The SMILES string of the molecule is C=CCN(CC(=O)N1CCc2sccc2C1c1ccc(C)cc1)S(=O)(=O)c1cc(Cl)ccc1Cl. The lowest BCUT2D eigenvalue weighted by Crippen LogP contribution is -2.46. The normalized spacial score (nSPS) is 15.9. The Morgan fingerprint density at radius 3 is 2.65 bits per heavy atom. The van der Waals surface area contributed by atoms with E-state index in [1.165, 1.54) is 29.2 Å². The molecular formula is C25H24Cl2N2O3S2. The Labute approximate surface area is 214 Å². The maximum Gasteiger partial charge on any atom is 0.245 e. The summed E-state index contributed by atoms with van der Waals surface area (Å²) in [6.45, 7) is 5.82. The van der Waals surface area contributed by atoms with Crippen LogP contribution in [0.1, 0.15) is 27.6 Å². The molecule has 1 amide bonds. The molecule has 2 aromatic carbocycles. The molecule has 0 fully saturated rings. The van der Waals surface area contributed by atoms with Gasteiger partial charge in [0.1, 0.15) is 4.90 Å². The van der Waals surface area contributed by atoms with Gasteiger partial charge in [0.25, 0.3) is 0 Å². The Morgan fingerprint density at radius 2 is 1.94 bits per heavy atom. The Balaban J connectivity index is 1.68. The molecule has 0 N–H and O–H groups in total. The van der Waals surface area contributed by atoms with Gasteiger partial charge in [-0.25, -0.2) is 8.42 Å². The molecule has 0 spiro atoms. The van der Waals surface area contributed by atoms with Crippen LogP contribution in [0.4, 0.5) is 0 Å². The summed E-state index contributed by atoms with van der Waals surface area (Å²) in [6, 6.07) is 14.1. The quantitative estimate of drug-likeness (QED) is 0.364. The molecule has 2 heterocycles. The van der Waals surface area contributed by atoms with Gasteiger partial charge in [0.15, 0.2) is 0 Å². The number of thiophene rings is 1. The van der Waals surface area contributed by atoms with Crippen LogP contribution in [0.15, 0.2) is 71.5 Å². The van der Waals surface area contributed by atoms with E-state index in [1.54, 1.807) is 16.2 Å². The molecule has 0 bridgehead atoms. The molecule has 0 saturated heterocycles. The third kappa shape index (κ3) is 4.95. The van der Waals surface area contributed by atoms with Crippen LogP contribution in [0, 0.1) is 6.92 Å². The van der Waals surface area contributed by atoms with Crippen LogP contribution >= 0.6 is 34.5 Å². The number of hydrogen-bond donors (Lipinski definition) is 0. The van der Waals surface area contributed by atoms with Crippen LogP contribution in [0.3, 0.4) is 0 Å². The van der Waals surface area contributed by atoms with Crippen molar-refractivity contribution in [2.75, 3.05) is 19.6 Å². The fraction of sp³-hybridized carbons (Fsp3) is 0.240. The minimum Gasteiger partial charge on any atom is -0.330 e. The number of halogens is 2. The number of hydrogen-bond acceptors (Lipinski definition) is 4. The van der Waals surface area contributed by atoms with Crippen molar-refractivity contribution in [3.63, 3.8) is 0 Å². The number of sulfonamides is 1. The summed E-state index contributed by atoms with van der Waals surface area (Å²) >= 11 is 13.9. The number of aryl methyl sites for hydroxylation is 1. The molecule has 178 valence electrons. The van der Waals surface area contributed by atoms with Gasteiger partial charge in [-0.05, 0) is 54.1 Å². The lowest BCUT2D eigenvalue weighted by Gasteiger charge is -2.37. The van der Waals surface area contributed by atoms with Crippen LogP contribution in [0.5, 0.6) is 0 Å². The highest BCUT2D eigenvalue weighted by atomic mass is 35.5. The molecule has 1 aromatic heterocycles. The van der Waals surface area contributed by atoms with Gasteiger partial charge in [-0.15, -0.1) is 17.9 Å². The van der Waals surface area contributed by atoms with Gasteiger partial charge in [-0.2, -0.15) is 4.31 Å². The summed E-state index contributed by atoms with van der Waals surface area (Å²) in [5.41, 5.74) is 3.21. The number of nitrogens with zero attached hydrogens (tertiary/aromatic N) is 2. The van der Waals surface area contributed by atoms with Gasteiger partial charge in [0, 0.05) is 23.0 Å². The second kappa shape index (κ2) is 10.2. The number of amides is 1. The Morgan fingerprint density at radius 1 is 1.21 bits per heavy atom. The molecule has 4 rings (SSSR count). The molecule has 5 nitrogen and oxygen atoms in total. The van der Waals surface area contributed by atoms with E-state index < -0.39 is 10.0 Å². The highest BCUT2D eigenvalue weighted by molar-refractivity contribution is 7.89. The summed E-state index contributed by atoms with van der Waals surface area (Å²) < 4.78 is 27.9. The van der Waals surface area contributed by atoms with Crippen LogP contribution < -0.4 is 0 Å². The van der Waals surface area contributed by atoms with Gasteiger partial charge in [0.05, 0.1) is 17.6 Å². The highest BCUT2D eigenvalue weighted by Gasteiger charge is 2.35. The average Bonchev–Trinajstić information content (AvgIpc) is 3.29. The van der Waals surface area contributed by atoms with E-state index in [4.69, 9.17) is 23.2 Å². The summed E-state index contributed by atoms with van der Waals surface area (Å²) in [4.78, 5) is 16.5. The molecule has 1 unspecified atom stereocenters. The number of carbonyl (C=O) groups is 1. The summed E-state index contributed by atoms with van der Waals surface area (Å²) in [6.07, 6.45) is 2.18. The largest absolute Gasteiger partial charge is 0.330 e. The van der Waals surface area contributed by atoms with Crippen molar-refractivity contribution in [3.05, 3.63) is 98.2 Å². The van der Waals surface area contributed by atoms with Gasteiger partial charge < -0.3 is 4.90 Å². The zero-order valence-corrected chi connectivity index (χ0v) is 21.7. The van der Waals surface area contributed by atoms with Gasteiger partial charge >= 0.3 is 0 Å². The first kappa shape index (κ1) is 24.9. The van der Waals surface area contributed by atoms with Crippen molar-refractivity contribution >= 4 is 50.5 Å². The van der Waals surface area contributed by atoms with Crippen LogP contribution in [-0.4, -0.2) is 43.2 Å². The number of benzene rings is 2. The molecule has 34 heavy (non-hydrogen) atoms. The highest BCUT2D eigenvalue weighted by Crippen LogP contribution is 2.38. The topological polar surface area (TPSA) is 57.7 Å². The van der Waals surface area contributed by atoms with E-state index >= 15 is 0 Å². The van der Waals surface area contributed by atoms with E-state index in [0.29, 0.717) is 6.54 Å². The maximum absolute atomic E-state index is 13.6. The van der Waals surface area contributed by atoms with Gasteiger partial charge in [-0.3, -0.25) is 4.79 Å². The van der Waals surface area contributed by atoms with Crippen LogP contribution in [-0.2, 0) is 21.2 Å². The van der Waals surface area contributed by atoms with Crippen molar-refractivity contribution in [3.8, 4) is 0 Å². The van der Waals surface area contributed by atoms with Gasteiger partial charge in [0.2, 0.25) is 15.9 Å². The predicted molar refractivity (Wildman–Crippen MR) is 138 cm³/mol. The van der Waals surface area contributed by atoms with Crippen molar-refractivity contribution in [2.45, 2.75) is 24.3 Å². The number of rotatable bonds is 7. The fourth-order valence-electron chi connectivity index (χ4n) is 4.14. The maximum atomic E-state index is 13.6. The Bertz CT molecular complexity index is 1320.